The Morgan fingerprint density at radius 1 is 1.06 bits per heavy atom. The summed E-state index contributed by atoms with van der Waals surface area (Å²) in [5.74, 6) is -0.921. The number of hydrogen-bond donors (Lipinski definition) is 0. The highest BCUT2D eigenvalue weighted by Crippen LogP contribution is 2.23. The number of halogens is 2. The first-order valence-electron chi connectivity index (χ1n) is 9.48. The topological polar surface area (TPSA) is 83.5 Å². The molecule has 0 aliphatic carbocycles. The summed E-state index contributed by atoms with van der Waals surface area (Å²) in [4.78, 5) is 22.7. The molecule has 0 N–H and O–H groups in total. The molecule has 0 radical (unpaired) electrons. The van der Waals surface area contributed by atoms with Gasteiger partial charge in [0.15, 0.2) is 0 Å². The number of amides is 1. The van der Waals surface area contributed by atoms with Gasteiger partial charge in [-0.3, -0.25) is 9.78 Å². The molecule has 1 aliphatic rings. The van der Waals surface area contributed by atoms with Crippen molar-refractivity contribution < 1.29 is 17.6 Å². The van der Waals surface area contributed by atoms with Crippen molar-refractivity contribution in [2.45, 2.75) is 4.90 Å². The van der Waals surface area contributed by atoms with E-state index in [0.29, 0.717) is 5.69 Å². The first-order chi connectivity index (χ1) is 14.8. The highest BCUT2D eigenvalue weighted by Gasteiger charge is 2.30. The van der Waals surface area contributed by atoms with Crippen molar-refractivity contribution in [3.8, 4) is 0 Å². The van der Waals surface area contributed by atoms with Crippen molar-refractivity contribution in [2.24, 2.45) is 0 Å². The van der Waals surface area contributed by atoms with Crippen LogP contribution in [-0.4, -0.2) is 59.7 Å². The third kappa shape index (κ3) is 4.58. The van der Waals surface area contributed by atoms with Gasteiger partial charge in [0.1, 0.15) is 5.82 Å². The van der Waals surface area contributed by atoms with Gasteiger partial charge >= 0.3 is 0 Å². The van der Waals surface area contributed by atoms with E-state index in [0.717, 1.165) is 23.2 Å². The summed E-state index contributed by atoms with van der Waals surface area (Å²) >= 11 is 5.71. The fourth-order valence-corrected chi connectivity index (χ4v) is 4.94. The number of hydrogen-bond acceptors (Lipinski definition) is 5. The van der Waals surface area contributed by atoms with E-state index >= 15 is 0 Å². The second kappa shape index (κ2) is 8.70. The summed E-state index contributed by atoms with van der Waals surface area (Å²) in [5.41, 5.74) is 2.06. The zero-order valence-electron chi connectivity index (χ0n) is 16.3. The first-order valence-corrected chi connectivity index (χ1v) is 11.3. The molecule has 160 valence electrons. The summed E-state index contributed by atoms with van der Waals surface area (Å²) in [7, 11) is -3.82. The molecule has 0 saturated carbocycles. The van der Waals surface area contributed by atoms with Gasteiger partial charge < -0.3 is 4.90 Å². The van der Waals surface area contributed by atoms with Crippen LogP contribution in [0, 0.1) is 5.82 Å². The molecule has 2 aromatic carbocycles. The first kappa shape index (κ1) is 21.4. The number of piperazine rings is 1. The van der Waals surface area contributed by atoms with Gasteiger partial charge in [-0.1, -0.05) is 23.7 Å². The molecule has 1 fully saturated rings. The van der Waals surface area contributed by atoms with Crippen LogP contribution in [0.25, 0.3) is 17.1 Å². The molecule has 1 aliphatic heterocycles. The Balaban J connectivity index is 1.40. The highest BCUT2D eigenvalue weighted by atomic mass is 35.5. The van der Waals surface area contributed by atoms with Gasteiger partial charge in [0, 0.05) is 32.3 Å². The molecule has 31 heavy (non-hydrogen) atoms. The number of carbonyl (C=O) groups excluding carboxylic acids is 1. The summed E-state index contributed by atoms with van der Waals surface area (Å²) in [5, 5.41) is -0.253. The maximum absolute atomic E-state index is 13.3. The normalized spacial score (nSPS) is 15.6. The molecule has 1 saturated heterocycles. The molecular formula is C21H18ClFN4O3S. The second-order valence-electron chi connectivity index (χ2n) is 6.92. The third-order valence-electron chi connectivity index (χ3n) is 4.94. The number of rotatable bonds is 4. The van der Waals surface area contributed by atoms with Crippen LogP contribution in [-0.2, 0) is 14.8 Å². The van der Waals surface area contributed by atoms with Gasteiger partial charge in [-0.05, 0) is 36.4 Å². The molecular weight excluding hydrogens is 443 g/mol. The molecule has 0 atom stereocenters. The standard InChI is InChI=1S/C21H18ClFN4O3S/c22-17-13-16(6-7-18(17)23)31(29,30)27-11-9-26(10-12-27)21(28)8-5-15-14-24-19-3-1-2-4-20(19)25-15/h1-8,13-14H,9-12H2/b8-5+. The number of nitrogens with zero attached hydrogens (tertiary/aromatic N) is 4. The summed E-state index contributed by atoms with van der Waals surface area (Å²) < 4.78 is 40.1. The van der Waals surface area contributed by atoms with Gasteiger partial charge in [-0.2, -0.15) is 4.31 Å². The number of para-hydroxylation sites is 2. The van der Waals surface area contributed by atoms with Gasteiger partial charge in [0.25, 0.3) is 0 Å². The van der Waals surface area contributed by atoms with E-state index in [1.807, 2.05) is 24.3 Å². The fourth-order valence-electron chi connectivity index (χ4n) is 3.25. The van der Waals surface area contributed by atoms with Crippen LogP contribution in [0.3, 0.4) is 0 Å². The zero-order chi connectivity index (χ0) is 22.0. The summed E-state index contributed by atoms with van der Waals surface area (Å²) in [6, 6.07) is 10.7. The Labute approximate surface area is 183 Å². The number of sulfonamides is 1. The number of fused-ring (bicyclic) bond motifs is 1. The average molecular weight is 461 g/mol. The van der Waals surface area contributed by atoms with Crippen LogP contribution in [0.5, 0.6) is 0 Å². The van der Waals surface area contributed by atoms with Crippen molar-refractivity contribution in [1.82, 2.24) is 19.2 Å². The molecule has 1 aromatic heterocycles. The average Bonchev–Trinajstić information content (AvgIpc) is 2.79. The van der Waals surface area contributed by atoms with E-state index < -0.39 is 15.8 Å². The molecule has 2 heterocycles. The lowest BCUT2D eigenvalue weighted by Gasteiger charge is -2.33. The molecule has 1 amide bonds. The van der Waals surface area contributed by atoms with Crippen molar-refractivity contribution in [2.75, 3.05) is 26.2 Å². The van der Waals surface area contributed by atoms with E-state index in [2.05, 4.69) is 9.97 Å². The third-order valence-corrected chi connectivity index (χ3v) is 7.13. The molecule has 4 rings (SSSR count). The van der Waals surface area contributed by atoms with E-state index in [1.165, 1.54) is 16.4 Å². The Morgan fingerprint density at radius 3 is 2.48 bits per heavy atom. The van der Waals surface area contributed by atoms with E-state index in [9.17, 15) is 17.6 Å². The lowest BCUT2D eigenvalue weighted by Crippen LogP contribution is -2.50. The Morgan fingerprint density at radius 2 is 1.77 bits per heavy atom. The highest BCUT2D eigenvalue weighted by molar-refractivity contribution is 7.89. The second-order valence-corrected chi connectivity index (χ2v) is 9.27. The van der Waals surface area contributed by atoms with Crippen LogP contribution in [0.1, 0.15) is 5.69 Å². The van der Waals surface area contributed by atoms with Crippen LogP contribution in [0.4, 0.5) is 4.39 Å². The van der Waals surface area contributed by atoms with E-state index in [-0.39, 0.29) is 42.0 Å². The lowest BCUT2D eigenvalue weighted by molar-refractivity contribution is -0.127. The maximum Gasteiger partial charge on any atom is 0.246 e. The van der Waals surface area contributed by atoms with Crippen LogP contribution >= 0.6 is 11.6 Å². The van der Waals surface area contributed by atoms with Crippen LogP contribution in [0.15, 0.2) is 59.6 Å². The number of benzene rings is 2. The van der Waals surface area contributed by atoms with Crippen LogP contribution < -0.4 is 0 Å². The van der Waals surface area contributed by atoms with Crippen molar-refractivity contribution in [3.05, 3.63) is 71.3 Å². The van der Waals surface area contributed by atoms with Gasteiger partial charge in [0.2, 0.25) is 15.9 Å². The smallest absolute Gasteiger partial charge is 0.246 e. The molecule has 10 heteroatoms. The molecule has 0 bridgehead atoms. The Kier molecular flexibility index (Phi) is 5.99. The fraction of sp³-hybridized carbons (Fsp3) is 0.190. The zero-order valence-corrected chi connectivity index (χ0v) is 17.9. The maximum atomic E-state index is 13.3. The minimum Gasteiger partial charge on any atom is -0.337 e. The molecule has 0 spiro atoms. The lowest BCUT2D eigenvalue weighted by atomic mass is 10.3. The summed E-state index contributed by atoms with van der Waals surface area (Å²) in [6.45, 7) is 0.737. The molecule has 3 aromatic rings. The predicted octanol–water partition coefficient (Wildman–Crippen LogP) is 2.97. The molecule has 7 nitrogen and oxygen atoms in total. The summed E-state index contributed by atoms with van der Waals surface area (Å²) in [6.07, 6.45) is 4.58. The van der Waals surface area contributed by atoms with Gasteiger partial charge in [0.05, 0.1) is 32.8 Å². The van der Waals surface area contributed by atoms with Crippen molar-refractivity contribution in [1.29, 1.82) is 0 Å². The number of aromatic nitrogens is 2. The monoisotopic (exact) mass is 460 g/mol. The van der Waals surface area contributed by atoms with Gasteiger partial charge in [-0.15, -0.1) is 0 Å². The van der Waals surface area contributed by atoms with Gasteiger partial charge in [-0.25, -0.2) is 17.8 Å². The Bertz CT molecular complexity index is 1270. The predicted molar refractivity (Wildman–Crippen MR) is 115 cm³/mol. The largest absolute Gasteiger partial charge is 0.337 e. The van der Waals surface area contributed by atoms with Crippen molar-refractivity contribution >= 4 is 44.6 Å². The molecule has 0 unspecified atom stereocenters. The van der Waals surface area contributed by atoms with E-state index in [1.54, 1.807) is 17.2 Å². The van der Waals surface area contributed by atoms with Crippen LogP contribution in [0.2, 0.25) is 5.02 Å². The van der Waals surface area contributed by atoms with Crippen molar-refractivity contribution in [3.63, 3.8) is 0 Å². The van der Waals surface area contributed by atoms with E-state index in [4.69, 9.17) is 11.6 Å². The SMILES string of the molecule is O=C(/C=C/c1cnc2ccccc2n1)N1CCN(S(=O)(=O)c2ccc(F)c(Cl)c2)CC1. The minimum absolute atomic E-state index is 0.0755. The quantitative estimate of drug-likeness (QED) is 0.559. The minimum atomic E-state index is -3.82. The number of carbonyl (C=O) groups is 1. The Hall–Kier alpha value is -2.88.